The molecule has 4 nitrogen and oxygen atoms in total. The van der Waals surface area contributed by atoms with Crippen LogP contribution in [-0.2, 0) is 4.79 Å². The predicted molar refractivity (Wildman–Crippen MR) is 79.1 cm³/mol. The van der Waals surface area contributed by atoms with E-state index >= 15 is 0 Å². The first kappa shape index (κ1) is 13.8. The quantitative estimate of drug-likeness (QED) is 0.418. The van der Waals surface area contributed by atoms with E-state index in [0.29, 0.717) is 5.69 Å². The van der Waals surface area contributed by atoms with Crippen molar-refractivity contribution in [2.75, 3.05) is 0 Å². The minimum atomic E-state index is -0.693. The smallest absolute Gasteiger partial charge is 0.336 e. The molecule has 0 bridgehead atoms. The number of esters is 1. The number of ether oxygens (including phenoxy) is 1. The number of fused-ring (bicyclic) bond motifs is 1. The molecule has 0 radical (unpaired) electrons. The number of halogens is 2. The number of carbonyl (C=O) groups excluding carboxylic acids is 1. The Balaban J connectivity index is 1.80. The van der Waals surface area contributed by atoms with Gasteiger partial charge in [-0.1, -0.05) is 23.7 Å². The van der Waals surface area contributed by atoms with Gasteiger partial charge < -0.3 is 4.74 Å². The summed E-state index contributed by atoms with van der Waals surface area (Å²) in [5.74, 6) is -1.41. The third-order valence-corrected chi connectivity index (χ3v) is 3.71. The van der Waals surface area contributed by atoms with Crippen LogP contribution in [0.5, 0.6) is 5.75 Å². The molecule has 0 amide bonds. The van der Waals surface area contributed by atoms with Crippen LogP contribution >= 0.6 is 22.9 Å². The molecule has 0 aliphatic carbocycles. The number of imidazole rings is 1. The molecule has 21 heavy (non-hydrogen) atoms. The van der Waals surface area contributed by atoms with E-state index in [9.17, 15) is 9.18 Å². The number of hydrogen-bond donors (Lipinski definition) is 0. The van der Waals surface area contributed by atoms with Crippen molar-refractivity contribution in [3.63, 3.8) is 0 Å². The summed E-state index contributed by atoms with van der Waals surface area (Å²) >= 11 is 7.42. The molecule has 0 saturated carbocycles. The lowest BCUT2D eigenvalue weighted by atomic mass is 10.3. The van der Waals surface area contributed by atoms with Crippen molar-refractivity contribution in [2.45, 2.75) is 0 Å². The van der Waals surface area contributed by atoms with E-state index in [0.717, 1.165) is 4.96 Å². The standard InChI is InChI=1S/C14H8ClFN2O2S/c15-13-10(18-7-8-21-14(18)17-13)5-6-12(19)20-11-4-2-1-3-9(11)16/h1-8H/b6-5+. The van der Waals surface area contributed by atoms with Gasteiger partial charge in [0.2, 0.25) is 0 Å². The number of thiazole rings is 1. The molecule has 1 aromatic carbocycles. The van der Waals surface area contributed by atoms with E-state index in [2.05, 4.69) is 4.98 Å². The summed E-state index contributed by atoms with van der Waals surface area (Å²) in [6, 6.07) is 5.69. The average molecular weight is 323 g/mol. The fraction of sp³-hybridized carbons (Fsp3) is 0. The second kappa shape index (κ2) is 5.67. The first-order chi connectivity index (χ1) is 10.1. The molecular formula is C14H8ClFN2O2S. The van der Waals surface area contributed by atoms with Crippen molar-refractivity contribution in [3.8, 4) is 5.75 Å². The number of hydrogen-bond acceptors (Lipinski definition) is 4. The number of carbonyl (C=O) groups is 1. The summed E-state index contributed by atoms with van der Waals surface area (Å²) in [5.41, 5.74) is 0.568. The summed E-state index contributed by atoms with van der Waals surface area (Å²) in [4.78, 5) is 16.6. The molecule has 2 aromatic heterocycles. The summed E-state index contributed by atoms with van der Waals surface area (Å²) in [6.07, 6.45) is 4.46. The van der Waals surface area contributed by atoms with Crippen LogP contribution in [0.4, 0.5) is 4.39 Å². The zero-order chi connectivity index (χ0) is 14.8. The Bertz CT molecular complexity index is 840. The molecule has 0 atom stereocenters. The molecule has 0 spiro atoms. The molecule has 0 N–H and O–H groups in total. The van der Waals surface area contributed by atoms with Gasteiger partial charge in [0.15, 0.2) is 21.7 Å². The van der Waals surface area contributed by atoms with E-state index in [-0.39, 0.29) is 10.9 Å². The first-order valence-corrected chi connectivity index (χ1v) is 7.16. The molecule has 0 unspecified atom stereocenters. The van der Waals surface area contributed by atoms with Gasteiger partial charge in [-0.25, -0.2) is 14.2 Å². The zero-order valence-corrected chi connectivity index (χ0v) is 12.1. The Morgan fingerprint density at radius 2 is 2.24 bits per heavy atom. The summed E-state index contributed by atoms with van der Waals surface area (Å²) in [7, 11) is 0. The third kappa shape index (κ3) is 2.81. The number of rotatable bonds is 3. The Morgan fingerprint density at radius 3 is 3.05 bits per heavy atom. The molecule has 0 fully saturated rings. The Hall–Kier alpha value is -2.18. The van der Waals surface area contributed by atoms with Crippen LogP contribution in [0.1, 0.15) is 5.69 Å². The lowest BCUT2D eigenvalue weighted by Crippen LogP contribution is -2.05. The first-order valence-electron chi connectivity index (χ1n) is 5.90. The van der Waals surface area contributed by atoms with Gasteiger partial charge >= 0.3 is 5.97 Å². The molecule has 106 valence electrons. The highest BCUT2D eigenvalue weighted by Gasteiger charge is 2.10. The fourth-order valence-electron chi connectivity index (χ4n) is 1.74. The van der Waals surface area contributed by atoms with Crippen LogP contribution in [0.3, 0.4) is 0 Å². The van der Waals surface area contributed by atoms with Gasteiger partial charge in [0.05, 0.1) is 5.69 Å². The van der Waals surface area contributed by atoms with Crippen LogP contribution in [0.2, 0.25) is 5.15 Å². The van der Waals surface area contributed by atoms with E-state index < -0.39 is 11.8 Å². The topological polar surface area (TPSA) is 43.6 Å². The second-order valence-corrected chi connectivity index (χ2v) is 5.26. The highest BCUT2D eigenvalue weighted by Crippen LogP contribution is 2.22. The third-order valence-electron chi connectivity index (χ3n) is 2.68. The second-order valence-electron chi connectivity index (χ2n) is 4.03. The van der Waals surface area contributed by atoms with Gasteiger partial charge in [0.1, 0.15) is 0 Å². The maximum absolute atomic E-state index is 13.4. The van der Waals surface area contributed by atoms with Crippen molar-refractivity contribution in [3.05, 3.63) is 58.6 Å². The molecule has 7 heteroatoms. The van der Waals surface area contributed by atoms with Crippen molar-refractivity contribution >= 4 is 39.9 Å². The Morgan fingerprint density at radius 1 is 1.43 bits per heavy atom. The molecule has 2 heterocycles. The van der Waals surface area contributed by atoms with E-state index in [1.165, 1.54) is 41.7 Å². The molecule has 3 rings (SSSR count). The van der Waals surface area contributed by atoms with Gasteiger partial charge in [-0.15, -0.1) is 11.3 Å². The van der Waals surface area contributed by atoms with Gasteiger partial charge in [-0.05, 0) is 18.2 Å². The SMILES string of the molecule is O=C(/C=C/c1c(Cl)nc2sccn12)Oc1ccccc1F. The maximum Gasteiger partial charge on any atom is 0.336 e. The molecule has 0 aliphatic heterocycles. The van der Waals surface area contributed by atoms with Gasteiger partial charge in [-0.2, -0.15) is 0 Å². The molecule has 0 saturated heterocycles. The van der Waals surface area contributed by atoms with Crippen molar-refractivity contribution in [1.29, 1.82) is 0 Å². The highest BCUT2D eigenvalue weighted by atomic mass is 35.5. The largest absolute Gasteiger partial charge is 0.420 e. The minimum Gasteiger partial charge on any atom is -0.420 e. The monoisotopic (exact) mass is 322 g/mol. The Kier molecular flexibility index (Phi) is 3.72. The zero-order valence-electron chi connectivity index (χ0n) is 10.5. The van der Waals surface area contributed by atoms with Gasteiger partial charge in [-0.3, -0.25) is 4.40 Å². The van der Waals surface area contributed by atoms with Crippen LogP contribution in [0, 0.1) is 5.82 Å². The van der Waals surface area contributed by atoms with E-state index in [4.69, 9.17) is 16.3 Å². The van der Waals surface area contributed by atoms with E-state index in [1.807, 2.05) is 5.38 Å². The summed E-state index contributed by atoms with van der Waals surface area (Å²) in [6.45, 7) is 0. The van der Waals surface area contributed by atoms with Gasteiger partial charge in [0.25, 0.3) is 0 Å². The normalized spacial score (nSPS) is 11.3. The predicted octanol–water partition coefficient (Wildman–Crippen LogP) is 3.81. The summed E-state index contributed by atoms with van der Waals surface area (Å²) < 4.78 is 20.0. The Labute approximate surface area is 128 Å². The van der Waals surface area contributed by atoms with Crippen molar-refractivity contribution in [2.24, 2.45) is 0 Å². The number of nitrogens with zero attached hydrogens (tertiary/aromatic N) is 2. The van der Waals surface area contributed by atoms with Crippen LogP contribution in [0.25, 0.3) is 11.0 Å². The van der Waals surface area contributed by atoms with Gasteiger partial charge in [0, 0.05) is 17.7 Å². The summed E-state index contributed by atoms with van der Waals surface area (Å²) in [5, 5.41) is 2.14. The van der Waals surface area contributed by atoms with Crippen molar-refractivity contribution < 1.29 is 13.9 Å². The van der Waals surface area contributed by atoms with E-state index in [1.54, 1.807) is 16.7 Å². The number of benzene rings is 1. The number of aromatic nitrogens is 2. The molecular weight excluding hydrogens is 315 g/mol. The van der Waals surface area contributed by atoms with Crippen molar-refractivity contribution in [1.82, 2.24) is 9.38 Å². The average Bonchev–Trinajstić information content (AvgIpc) is 3.00. The fourth-order valence-corrected chi connectivity index (χ4v) is 2.75. The van der Waals surface area contributed by atoms with Crippen LogP contribution in [0.15, 0.2) is 41.9 Å². The molecule has 0 aliphatic rings. The van der Waals surface area contributed by atoms with Crippen LogP contribution < -0.4 is 4.74 Å². The lowest BCUT2D eigenvalue weighted by molar-refractivity contribution is -0.129. The lowest BCUT2D eigenvalue weighted by Gasteiger charge is -2.01. The minimum absolute atomic E-state index is 0.118. The maximum atomic E-state index is 13.4. The molecule has 3 aromatic rings. The highest BCUT2D eigenvalue weighted by molar-refractivity contribution is 7.15. The number of para-hydroxylation sites is 1. The van der Waals surface area contributed by atoms with Crippen LogP contribution in [-0.4, -0.2) is 15.4 Å².